The number of carbonyl (C=O) groups is 1. The highest BCUT2D eigenvalue weighted by atomic mass is 32.1. The number of thiophene rings is 1. The summed E-state index contributed by atoms with van der Waals surface area (Å²) in [5.41, 5.74) is 2.76. The lowest BCUT2D eigenvalue weighted by atomic mass is 10.0. The summed E-state index contributed by atoms with van der Waals surface area (Å²) in [6.45, 7) is 2.03. The molecule has 2 aromatic heterocycles. The normalized spacial score (nSPS) is 10.7. The molecule has 0 aliphatic heterocycles. The van der Waals surface area contributed by atoms with Crippen LogP contribution in [0.2, 0.25) is 0 Å². The second-order valence-electron chi connectivity index (χ2n) is 6.78. The Balaban J connectivity index is 1.58. The summed E-state index contributed by atoms with van der Waals surface area (Å²) >= 11 is 1.63. The molecular formula is C24H18F2N2O2S. The highest BCUT2D eigenvalue weighted by Gasteiger charge is 2.17. The third-order valence-electron chi connectivity index (χ3n) is 4.83. The van der Waals surface area contributed by atoms with E-state index in [4.69, 9.17) is 4.74 Å². The average Bonchev–Trinajstić information content (AvgIpc) is 3.15. The van der Waals surface area contributed by atoms with Gasteiger partial charge >= 0.3 is 0 Å². The van der Waals surface area contributed by atoms with Crippen LogP contribution in [-0.4, -0.2) is 18.0 Å². The van der Waals surface area contributed by atoms with Crippen LogP contribution in [0.5, 0.6) is 5.75 Å². The summed E-state index contributed by atoms with van der Waals surface area (Å²) in [5.74, 6) is -1.88. The summed E-state index contributed by atoms with van der Waals surface area (Å²) in [6.07, 6.45) is 3.46. The fraction of sp³-hybridized carbons (Fsp3) is 0.0833. The molecule has 31 heavy (non-hydrogen) atoms. The summed E-state index contributed by atoms with van der Waals surface area (Å²) in [5, 5.41) is 2.54. The zero-order chi connectivity index (χ0) is 22.0. The van der Waals surface area contributed by atoms with E-state index >= 15 is 0 Å². The van der Waals surface area contributed by atoms with Gasteiger partial charge in [0.25, 0.3) is 5.91 Å². The van der Waals surface area contributed by atoms with Crippen molar-refractivity contribution in [2.45, 2.75) is 6.92 Å². The number of amides is 1. The van der Waals surface area contributed by atoms with E-state index in [0.717, 1.165) is 44.3 Å². The fourth-order valence-electron chi connectivity index (χ4n) is 3.29. The number of hydrogen-bond acceptors (Lipinski definition) is 4. The van der Waals surface area contributed by atoms with Crippen molar-refractivity contribution in [3.8, 4) is 27.3 Å². The van der Waals surface area contributed by atoms with E-state index in [9.17, 15) is 13.6 Å². The van der Waals surface area contributed by atoms with Gasteiger partial charge in [0, 0.05) is 27.8 Å². The Hall–Kier alpha value is -3.58. The molecule has 4 rings (SSSR count). The summed E-state index contributed by atoms with van der Waals surface area (Å²) in [6, 6.07) is 14.3. The van der Waals surface area contributed by atoms with E-state index in [0.29, 0.717) is 5.69 Å². The number of nitrogens with one attached hydrogen (secondary N) is 1. The predicted molar refractivity (Wildman–Crippen MR) is 119 cm³/mol. The minimum absolute atomic E-state index is 0.443. The lowest BCUT2D eigenvalue weighted by molar-refractivity contribution is 0.101. The quantitative estimate of drug-likeness (QED) is 0.398. The molecule has 2 aromatic carbocycles. The average molecular weight is 436 g/mol. The first kappa shape index (κ1) is 20.7. The zero-order valence-corrected chi connectivity index (χ0v) is 17.6. The Kier molecular flexibility index (Phi) is 5.77. The zero-order valence-electron chi connectivity index (χ0n) is 16.8. The van der Waals surface area contributed by atoms with Gasteiger partial charge in [-0.05, 0) is 54.4 Å². The van der Waals surface area contributed by atoms with Crippen LogP contribution in [0.4, 0.5) is 14.5 Å². The molecule has 0 unspecified atom stereocenters. The number of nitrogens with zero attached hydrogens (tertiary/aromatic N) is 1. The van der Waals surface area contributed by atoms with Gasteiger partial charge in [0.1, 0.15) is 22.9 Å². The van der Waals surface area contributed by atoms with Crippen LogP contribution >= 0.6 is 11.3 Å². The number of aromatic nitrogens is 1. The molecule has 0 atom stereocenters. The molecule has 7 heteroatoms. The van der Waals surface area contributed by atoms with Gasteiger partial charge in [0.15, 0.2) is 0 Å². The van der Waals surface area contributed by atoms with E-state index in [2.05, 4.69) is 16.4 Å². The molecular weight excluding hydrogens is 418 g/mol. The number of halogens is 2. The van der Waals surface area contributed by atoms with Crippen molar-refractivity contribution in [1.82, 2.24) is 4.98 Å². The number of hydrogen-bond donors (Lipinski definition) is 1. The molecule has 156 valence electrons. The van der Waals surface area contributed by atoms with Gasteiger partial charge in [0.05, 0.1) is 12.7 Å². The van der Waals surface area contributed by atoms with Crippen LogP contribution in [0.1, 0.15) is 15.2 Å². The van der Waals surface area contributed by atoms with E-state index in [1.54, 1.807) is 43.0 Å². The lowest BCUT2D eigenvalue weighted by Crippen LogP contribution is -2.15. The molecule has 4 nitrogen and oxygen atoms in total. The molecule has 4 aromatic rings. The van der Waals surface area contributed by atoms with Crippen LogP contribution in [0.15, 0.2) is 67.0 Å². The minimum atomic E-state index is -0.902. The molecule has 0 aliphatic carbocycles. The third kappa shape index (κ3) is 4.18. The Bertz CT molecular complexity index is 1230. The molecule has 0 saturated carbocycles. The number of pyridine rings is 1. The summed E-state index contributed by atoms with van der Waals surface area (Å²) < 4.78 is 33.1. The first-order chi connectivity index (χ1) is 15.0. The summed E-state index contributed by atoms with van der Waals surface area (Å²) in [7, 11) is 1.63. The van der Waals surface area contributed by atoms with Crippen LogP contribution in [-0.2, 0) is 0 Å². The molecule has 0 bridgehead atoms. The van der Waals surface area contributed by atoms with Crippen LogP contribution < -0.4 is 10.1 Å². The largest absolute Gasteiger partial charge is 0.496 e. The van der Waals surface area contributed by atoms with E-state index in [1.165, 1.54) is 6.07 Å². The SMILES string of the molecule is COc1ccncc1-c1cc(-c2ccc(NC(=O)c3c(F)cccc3F)cc2)c(C)s1. The van der Waals surface area contributed by atoms with Crippen LogP contribution in [0, 0.1) is 18.6 Å². The number of rotatable bonds is 5. The van der Waals surface area contributed by atoms with Crippen molar-refractivity contribution in [3.63, 3.8) is 0 Å². The Morgan fingerprint density at radius 3 is 2.42 bits per heavy atom. The Morgan fingerprint density at radius 1 is 1.03 bits per heavy atom. The highest BCUT2D eigenvalue weighted by molar-refractivity contribution is 7.16. The molecule has 0 saturated heterocycles. The van der Waals surface area contributed by atoms with Crippen molar-refractivity contribution < 1.29 is 18.3 Å². The van der Waals surface area contributed by atoms with Crippen molar-refractivity contribution in [3.05, 3.63) is 89.1 Å². The van der Waals surface area contributed by atoms with Crippen LogP contribution in [0.3, 0.4) is 0 Å². The lowest BCUT2D eigenvalue weighted by Gasteiger charge is -2.08. The topological polar surface area (TPSA) is 51.2 Å². The Labute approximate surface area is 182 Å². The number of anilines is 1. The second-order valence-corrected chi connectivity index (χ2v) is 8.04. The van der Waals surface area contributed by atoms with Crippen LogP contribution in [0.25, 0.3) is 21.6 Å². The maximum absolute atomic E-state index is 13.8. The van der Waals surface area contributed by atoms with E-state index < -0.39 is 23.1 Å². The minimum Gasteiger partial charge on any atom is -0.496 e. The smallest absolute Gasteiger partial charge is 0.261 e. The highest BCUT2D eigenvalue weighted by Crippen LogP contribution is 2.40. The fourth-order valence-corrected chi connectivity index (χ4v) is 4.34. The van der Waals surface area contributed by atoms with Crippen molar-refractivity contribution in [1.29, 1.82) is 0 Å². The van der Waals surface area contributed by atoms with Gasteiger partial charge in [-0.2, -0.15) is 0 Å². The monoisotopic (exact) mass is 436 g/mol. The van der Waals surface area contributed by atoms with E-state index in [1.807, 2.05) is 25.1 Å². The molecule has 1 N–H and O–H groups in total. The van der Waals surface area contributed by atoms with Crippen molar-refractivity contribution >= 4 is 22.9 Å². The number of carbonyl (C=O) groups excluding carboxylic acids is 1. The van der Waals surface area contributed by atoms with Crippen molar-refractivity contribution in [2.24, 2.45) is 0 Å². The molecule has 0 radical (unpaired) electrons. The molecule has 0 spiro atoms. The predicted octanol–water partition coefficient (Wildman–Crippen LogP) is 6.32. The van der Waals surface area contributed by atoms with Crippen molar-refractivity contribution in [2.75, 3.05) is 12.4 Å². The maximum Gasteiger partial charge on any atom is 0.261 e. The second kappa shape index (κ2) is 8.65. The maximum atomic E-state index is 13.8. The standard InChI is InChI=1S/C24H18F2N2O2S/c1-14-17(12-22(31-14)18-13-27-11-10-21(18)30-2)15-6-8-16(9-7-15)28-24(29)23-19(25)4-3-5-20(23)26/h3-13H,1-2H3,(H,28,29). The van der Waals surface area contributed by atoms with E-state index in [-0.39, 0.29) is 0 Å². The molecule has 1 amide bonds. The van der Waals surface area contributed by atoms with Gasteiger partial charge in [-0.25, -0.2) is 8.78 Å². The van der Waals surface area contributed by atoms with Gasteiger partial charge < -0.3 is 10.1 Å². The Morgan fingerprint density at radius 2 is 1.74 bits per heavy atom. The van der Waals surface area contributed by atoms with Gasteiger partial charge in [0.2, 0.25) is 0 Å². The number of ether oxygens (including phenoxy) is 1. The molecule has 0 fully saturated rings. The van der Waals surface area contributed by atoms with Gasteiger partial charge in [-0.15, -0.1) is 11.3 Å². The number of benzene rings is 2. The first-order valence-corrected chi connectivity index (χ1v) is 10.2. The summed E-state index contributed by atoms with van der Waals surface area (Å²) in [4.78, 5) is 18.6. The number of methoxy groups -OCH3 is 1. The van der Waals surface area contributed by atoms with Gasteiger partial charge in [-0.3, -0.25) is 9.78 Å². The third-order valence-corrected chi connectivity index (χ3v) is 5.91. The number of aryl methyl sites for hydroxylation is 1. The first-order valence-electron chi connectivity index (χ1n) is 9.42. The molecule has 0 aliphatic rings. The van der Waals surface area contributed by atoms with Gasteiger partial charge in [-0.1, -0.05) is 18.2 Å². The molecule has 2 heterocycles.